The van der Waals surface area contributed by atoms with Crippen LogP contribution < -0.4 is 14.2 Å². The molecule has 0 saturated carbocycles. The summed E-state index contributed by atoms with van der Waals surface area (Å²) in [5.74, 6) is 3.38. The van der Waals surface area contributed by atoms with Crippen LogP contribution in [-0.2, 0) is 0 Å². The highest BCUT2D eigenvalue weighted by molar-refractivity contribution is 5.67. The van der Waals surface area contributed by atoms with Gasteiger partial charge in [-0.2, -0.15) is 5.10 Å². The predicted molar refractivity (Wildman–Crippen MR) is 96.1 cm³/mol. The van der Waals surface area contributed by atoms with E-state index >= 15 is 0 Å². The monoisotopic (exact) mass is 339 g/mol. The van der Waals surface area contributed by atoms with Gasteiger partial charge in [-0.25, -0.2) is 4.98 Å². The van der Waals surface area contributed by atoms with Crippen LogP contribution in [0.5, 0.6) is 17.2 Å². The molecule has 0 aliphatic heterocycles. The molecular weight excluding hydrogens is 318 g/mol. The van der Waals surface area contributed by atoms with E-state index in [9.17, 15) is 0 Å². The highest BCUT2D eigenvalue weighted by Crippen LogP contribution is 2.33. The molecule has 130 valence electrons. The molecule has 0 aliphatic carbocycles. The van der Waals surface area contributed by atoms with Crippen molar-refractivity contribution in [1.82, 2.24) is 15.2 Å². The molecule has 25 heavy (non-hydrogen) atoms. The number of benzene rings is 2. The largest absolute Gasteiger partial charge is 0.496 e. The lowest BCUT2D eigenvalue weighted by molar-refractivity contribution is 0.288. The fourth-order valence-corrected chi connectivity index (χ4v) is 2.54. The third kappa shape index (κ3) is 3.57. The van der Waals surface area contributed by atoms with Crippen molar-refractivity contribution >= 4 is 0 Å². The highest BCUT2D eigenvalue weighted by Gasteiger charge is 2.14. The van der Waals surface area contributed by atoms with E-state index in [-0.39, 0.29) is 0 Å². The standard InChI is InChI=1S/C19H21N3O3/c1-4-24-16-11-10-13(12-17(16)25-5-2)18-20-19(22-21-18)14-8-6-7-9-15(14)23-3/h6-12H,4-5H2,1-3H3,(H,20,21,22). The Labute approximate surface area is 146 Å². The van der Waals surface area contributed by atoms with Gasteiger partial charge in [0.25, 0.3) is 0 Å². The van der Waals surface area contributed by atoms with E-state index in [0.717, 1.165) is 16.9 Å². The maximum absolute atomic E-state index is 5.67. The van der Waals surface area contributed by atoms with Gasteiger partial charge in [-0.05, 0) is 44.2 Å². The van der Waals surface area contributed by atoms with Gasteiger partial charge in [0.1, 0.15) is 5.75 Å². The van der Waals surface area contributed by atoms with Gasteiger partial charge in [0.15, 0.2) is 23.1 Å². The highest BCUT2D eigenvalue weighted by atomic mass is 16.5. The molecule has 0 fully saturated rings. The van der Waals surface area contributed by atoms with Crippen LogP contribution in [0.1, 0.15) is 13.8 Å². The van der Waals surface area contributed by atoms with Gasteiger partial charge in [-0.1, -0.05) is 12.1 Å². The number of para-hydroxylation sites is 1. The van der Waals surface area contributed by atoms with Crippen LogP contribution in [0.2, 0.25) is 0 Å². The second kappa shape index (κ2) is 7.70. The van der Waals surface area contributed by atoms with Gasteiger partial charge in [0.2, 0.25) is 0 Å². The first-order chi connectivity index (χ1) is 12.3. The zero-order valence-electron chi connectivity index (χ0n) is 14.6. The normalized spacial score (nSPS) is 10.5. The molecule has 0 radical (unpaired) electrons. The van der Waals surface area contributed by atoms with Gasteiger partial charge >= 0.3 is 0 Å². The molecule has 6 nitrogen and oxygen atoms in total. The third-order valence-corrected chi connectivity index (χ3v) is 3.65. The molecule has 0 bridgehead atoms. The molecule has 1 aromatic heterocycles. The number of aromatic nitrogens is 3. The minimum Gasteiger partial charge on any atom is -0.496 e. The Bertz CT molecular complexity index is 845. The lowest BCUT2D eigenvalue weighted by Gasteiger charge is -2.11. The van der Waals surface area contributed by atoms with Crippen molar-refractivity contribution in [2.75, 3.05) is 20.3 Å². The van der Waals surface area contributed by atoms with E-state index in [1.807, 2.05) is 56.3 Å². The molecule has 2 aromatic carbocycles. The number of ether oxygens (including phenoxy) is 3. The van der Waals surface area contributed by atoms with Crippen LogP contribution in [0, 0.1) is 0 Å². The minimum absolute atomic E-state index is 0.560. The zero-order valence-corrected chi connectivity index (χ0v) is 14.6. The Morgan fingerprint density at radius 1 is 0.920 bits per heavy atom. The van der Waals surface area contributed by atoms with Crippen LogP contribution in [0.15, 0.2) is 42.5 Å². The molecule has 6 heteroatoms. The van der Waals surface area contributed by atoms with E-state index in [4.69, 9.17) is 14.2 Å². The maximum Gasteiger partial charge on any atom is 0.181 e. The Hall–Kier alpha value is -3.02. The number of methoxy groups -OCH3 is 1. The summed E-state index contributed by atoms with van der Waals surface area (Å²) in [5, 5.41) is 7.30. The zero-order chi connectivity index (χ0) is 17.6. The second-order valence-corrected chi connectivity index (χ2v) is 5.24. The Balaban J connectivity index is 1.95. The lowest BCUT2D eigenvalue weighted by atomic mass is 10.1. The number of H-pyrrole nitrogens is 1. The molecule has 0 unspecified atom stereocenters. The van der Waals surface area contributed by atoms with Crippen molar-refractivity contribution in [1.29, 1.82) is 0 Å². The quantitative estimate of drug-likeness (QED) is 0.706. The van der Waals surface area contributed by atoms with E-state index < -0.39 is 0 Å². The lowest BCUT2D eigenvalue weighted by Crippen LogP contribution is -1.98. The van der Waals surface area contributed by atoms with Crippen molar-refractivity contribution in [3.63, 3.8) is 0 Å². The number of hydrogen-bond donors (Lipinski definition) is 1. The number of hydrogen-bond acceptors (Lipinski definition) is 5. The summed E-state index contributed by atoms with van der Waals surface area (Å²) in [5.41, 5.74) is 1.71. The van der Waals surface area contributed by atoms with Crippen molar-refractivity contribution in [2.24, 2.45) is 0 Å². The summed E-state index contributed by atoms with van der Waals surface area (Å²) in [6.07, 6.45) is 0. The average Bonchev–Trinajstić information content (AvgIpc) is 3.13. The number of aromatic amines is 1. The fraction of sp³-hybridized carbons (Fsp3) is 0.263. The first-order valence-corrected chi connectivity index (χ1v) is 8.22. The summed E-state index contributed by atoms with van der Waals surface area (Å²) in [6, 6.07) is 13.4. The van der Waals surface area contributed by atoms with E-state index in [1.165, 1.54) is 0 Å². The molecule has 1 N–H and O–H groups in total. The minimum atomic E-state index is 0.560. The van der Waals surface area contributed by atoms with Gasteiger partial charge in [0.05, 0.1) is 25.9 Å². The van der Waals surface area contributed by atoms with E-state index in [2.05, 4.69) is 15.2 Å². The summed E-state index contributed by atoms with van der Waals surface area (Å²) in [6.45, 7) is 5.02. The molecule has 0 atom stereocenters. The van der Waals surface area contributed by atoms with Crippen molar-refractivity contribution < 1.29 is 14.2 Å². The summed E-state index contributed by atoms with van der Waals surface area (Å²) < 4.78 is 16.6. The molecule has 0 aliphatic rings. The maximum atomic E-state index is 5.67. The molecule has 0 amide bonds. The van der Waals surface area contributed by atoms with Gasteiger partial charge < -0.3 is 14.2 Å². The molecule has 1 heterocycles. The molecule has 3 aromatic rings. The summed E-state index contributed by atoms with van der Waals surface area (Å²) in [7, 11) is 1.64. The first kappa shape index (κ1) is 16.8. The van der Waals surface area contributed by atoms with E-state index in [0.29, 0.717) is 36.4 Å². The SMILES string of the molecule is CCOc1ccc(-c2n[nH]c(-c3ccccc3OC)n2)cc1OCC. The van der Waals surface area contributed by atoms with Crippen molar-refractivity contribution in [3.05, 3.63) is 42.5 Å². The predicted octanol–water partition coefficient (Wildman–Crippen LogP) is 3.94. The Morgan fingerprint density at radius 2 is 1.68 bits per heavy atom. The average molecular weight is 339 g/mol. The summed E-state index contributed by atoms with van der Waals surface area (Å²) in [4.78, 5) is 4.59. The van der Waals surface area contributed by atoms with Crippen LogP contribution >= 0.6 is 0 Å². The molecular formula is C19H21N3O3. The number of rotatable bonds is 7. The van der Waals surface area contributed by atoms with Crippen molar-refractivity contribution in [2.45, 2.75) is 13.8 Å². The smallest absolute Gasteiger partial charge is 0.181 e. The third-order valence-electron chi connectivity index (χ3n) is 3.65. The van der Waals surface area contributed by atoms with Gasteiger partial charge in [0, 0.05) is 5.56 Å². The second-order valence-electron chi connectivity index (χ2n) is 5.24. The first-order valence-electron chi connectivity index (χ1n) is 8.22. The number of nitrogens with zero attached hydrogens (tertiary/aromatic N) is 2. The van der Waals surface area contributed by atoms with Crippen LogP contribution in [0.3, 0.4) is 0 Å². The van der Waals surface area contributed by atoms with Crippen molar-refractivity contribution in [3.8, 4) is 40.0 Å². The Kier molecular flexibility index (Phi) is 5.18. The topological polar surface area (TPSA) is 69.3 Å². The van der Waals surface area contributed by atoms with Crippen LogP contribution in [0.25, 0.3) is 22.8 Å². The van der Waals surface area contributed by atoms with Crippen LogP contribution in [0.4, 0.5) is 0 Å². The molecule has 0 saturated heterocycles. The molecule has 0 spiro atoms. The van der Waals surface area contributed by atoms with Gasteiger partial charge in [-0.3, -0.25) is 5.10 Å². The Morgan fingerprint density at radius 3 is 2.44 bits per heavy atom. The van der Waals surface area contributed by atoms with Crippen LogP contribution in [-0.4, -0.2) is 35.5 Å². The van der Waals surface area contributed by atoms with Gasteiger partial charge in [-0.15, -0.1) is 0 Å². The van der Waals surface area contributed by atoms with E-state index in [1.54, 1.807) is 7.11 Å². The molecule has 3 rings (SSSR count). The fourth-order valence-electron chi connectivity index (χ4n) is 2.54. The number of nitrogens with one attached hydrogen (secondary N) is 1. The summed E-state index contributed by atoms with van der Waals surface area (Å²) >= 11 is 0.